The molecule has 2 aromatic rings. The summed E-state index contributed by atoms with van der Waals surface area (Å²) >= 11 is 0. The highest BCUT2D eigenvalue weighted by molar-refractivity contribution is 5.58. The fraction of sp³-hybridized carbons (Fsp3) is 0.500. The molecule has 3 rings (SSSR count). The predicted octanol–water partition coefficient (Wildman–Crippen LogP) is -2.57. The van der Waals surface area contributed by atoms with Crippen molar-refractivity contribution in [1.29, 1.82) is 0 Å². The number of nitrogens with zero attached hydrogens (tertiary/aromatic N) is 4. The second-order valence-electron chi connectivity index (χ2n) is 4.48. The fourth-order valence-corrected chi connectivity index (χ4v) is 2.35. The van der Waals surface area contributed by atoms with Gasteiger partial charge in [-0.25, -0.2) is 14.5 Å². The SMILES string of the molecule is Nc1ncnn2c([C@@H]3N[C@H](CO)[C@@H](O)[C@H]3O)cnc12. The third kappa shape index (κ3) is 1.75. The van der Waals surface area contributed by atoms with Crippen molar-refractivity contribution in [2.24, 2.45) is 0 Å². The van der Waals surface area contributed by atoms with Crippen LogP contribution in [0.15, 0.2) is 12.5 Å². The third-order valence-corrected chi connectivity index (χ3v) is 3.37. The van der Waals surface area contributed by atoms with Gasteiger partial charge in [-0.2, -0.15) is 5.10 Å². The summed E-state index contributed by atoms with van der Waals surface area (Å²) in [5.74, 6) is 0.230. The van der Waals surface area contributed by atoms with Crippen molar-refractivity contribution in [2.75, 3.05) is 12.3 Å². The van der Waals surface area contributed by atoms with Gasteiger partial charge in [-0.3, -0.25) is 5.32 Å². The molecule has 0 radical (unpaired) electrons. The van der Waals surface area contributed by atoms with Crippen LogP contribution in [-0.2, 0) is 0 Å². The van der Waals surface area contributed by atoms with Gasteiger partial charge in [0.1, 0.15) is 12.4 Å². The lowest BCUT2D eigenvalue weighted by Crippen LogP contribution is -2.35. The van der Waals surface area contributed by atoms with Crippen molar-refractivity contribution in [3.05, 3.63) is 18.2 Å². The maximum Gasteiger partial charge on any atom is 0.196 e. The van der Waals surface area contributed by atoms with Gasteiger partial charge in [0.15, 0.2) is 11.5 Å². The van der Waals surface area contributed by atoms with Crippen LogP contribution in [0.2, 0.25) is 0 Å². The summed E-state index contributed by atoms with van der Waals surface area (Å²) in [5.41, 5.74) is 6.61. The van der Waals surface area contributed by atoms with Crippen LogP contribution in [0, 0.1) is 0 Å². The van der Waals surface area contributed by atoms with Gasteiger partial charge in [0.2, 0.25) is 0 Å². The van der Waals surface area contributed by atoms with Gasteiger partial charge < -0.3 is 21.1 Å². The largest absolute Gasteiger partial charge is 0.395 e. The monoisotopic (exact) mass is 266 g/mol. The maximum absolute atomic E-state index is 10.0. The number of nitrogen functional groups attached to an aromatic ring is 1. The highest BCUT2D eigenvalue weighted by atomic mass is 16.3. The smallest absolute Gasteiger partial charge is 0.196 e. The average molecular weight is 266 g/mol. The standard InChI is InChI=1S/C10H14N6O3/c11-9-10-12-1-5(16(10)14-3-13-9)6-8(19)7(18)4(2-17)15-6/h1,3-4,6-8,15,17-19H,2H2,(H2,11,13,14)/t4-,6+,7-,8+/m1/s1. The Bertz CT molecular complexity index is 602. The van der Waals surface area contributed by atoms with Crippen molar-refractivity contribution >= 4 is 11.5 Å². The zero-order valence-corrected chi connectivity index (χ0v) is 9.88. The molecule has 0 aliphatic carbocycles. The van der Waals surface area contributed by atoms with E-state index in [1.807, 2.05) is 0 Å². The number of nitrogens with two attached hydrogens (primary N) is 1. The topological polar surface area (TPSA) is 142 Å². The number of rotatable bonds is 2. The molecule has 102 valence electrons. The number of anilines is 1. The summed E-state index contributed by atoms with van der Waals surface area (Å²) in [6.45, 7) is -0.275. The average Bonchev–Trinajstić information content (AvgIpc) is 2.94. The molecule has 0 spiro atoms. The normalized spacial score (nSPS) is 31.1. The summed E-state index contributed by atoms with van der Waals surface area (Å²) in [5, 5.41) is 35.9. The molecule has 0 amide bonds. The second-order valence-corrected chi connectivity index (χ2v) is 4.48. The molecule has 1 aliphatic heterocycles. The minimum absolute atomic E-state index is 0.230. The van der Waals surface area contributed by atoms with Gasteiger partial charge in [0, 0.05) is 0 Å². The molecule has 19 heavy (non-hydrogen) atoms. The van der Waals surface area contributed by atoms with Crippen LogP contribution in [0.25, 0.3) is 5.65 Å². The zero-order chi connectivity index (χ0) is 13.6. The molecule has 9 heteroatoms. The molecule has 0 bridgehead atoms. The zero-order valence-electron chi connectivity index (χ0n) is 9.88. The van der Waals surface area contributed by atoms with Crippen LogP contribution < -0.4 is 11.1 Å². The van der Waals surface area contributed by atoms with Crippen molar-refractivity contribution < 1.29 is 15.3 Å². The first kappa shape index (κ1) is 12.2. The molecular formula is C10H14N6O3. The van der Waals surface area contributed by atoms with Crippen LogP contribution in [0.5, 0.6) is 0 Å². The molecule has 1 aliphatic rings. The van der Waals surface area contributed by atoms with Gasteiger partial charge in [-0.1, -0.05) is 0 Å². The second kappa shape index (κ2) is 4.38. The van der Waals surface area contributed by atoms with E-state index in [1.54, 1.807) is 0 Å². The van der Waals surface area contributed by atoms with E-state index in [0.717, 1.165) is 0 Å². The number of aliphatic hydroxyl groups is 3. The molecular weight excluding hydrogens is 252 g/mol. The van der Waals surface area contributed by atoms with Crippen LogP contribution in [0.3, 0.4) is 0 Å². The molecule has 4 atom stereocenters. The van der Waals surface area contributed by atoms with Crippen molar-refractivity contribution in [1.82, 2.24) is 24.9 Å². The van der Waals surface area contributed by atoms with Gasteiger partial charge in [0.25, 0.3) is 0 Å². The first-order chi connectivity index (χ1) is 9.13. The number of hydrogen-bond acceptors (Lipinski definition) is 8. The Balaban J connectivity index is 2.04. The number of imidazole rings is 1. The molecule has 1 saturated heterocycles. The van der Waals surface area contributed by atoms with E-state index in [0.29, 0.717) is 11.3 Å². The van der Waals surface area contributed by atoms with E-state index < -0.39 is 24.3 Å². The number of aromatic nitrogens is 4. The molecule has 1 fully saturated rings. The quantitative estimate of drug-likeness (QED) is 0.399. The Morgan fingerprint density at radius 3 is 2.79 bits per heavy atom. The first-order valence-corrected chi connectivity index (χ1v) is 5.80. The molecule has 0 saturated carbocycles. The lowest BCUT2D eigenvalue weighted by Gasteiger charge is -2.14. The Kier molecular flexibility index (Phi) is 2.82. The van der Waals surface area contributed by atoms with Crippen molar-refractivity contribution in [2.45, 2.75) is 24.3 Å². The Hall–Kier alpha value is -1.81. The summed E-state index contributed by atoms with van der Waals surface area (Å²) in [7, 11) is 0. The molecule has 2 aromatic heterocycles. The van der Waals surface area contributed by atoms with Crippen molar-refractivity contribution in [3.63, 3.8) is 0 Å². The number of aliphatic hydroxyl groups excluding tert-OH is 3. The molecule has 9 nitrogen and oxygen atoms in total. The van der Waals surface area contributed by atoms with E-state index in [1.165, 1.54) is 17.0 Å². The van der Waals surface area contributed by atoms with Crippen LogP contribution >= 0.6 is 0 Å². The Labute approximate surface area is 107 Å². The predicted molar refractivity (Wildman–Crippen MR) is 64.0 cm³/mol. The summed E-state index contributed by atoms with van der Waals surface area (Å²) < 4.78 is 1.45. The van der Waals surface area contributed by atoms with Gasteiger partial charge in [0.05, 0.1) is 36.7 Å². The highest BCUT2D eigenvalue weighted by Gasteiger charge is 2.42. The van der Waals surface area contributed by atoms with E-state index in [9.17, 15) is 10.2 Å². The Morgan fingerprint density at radius 1 is 1.32 bits per heavy atom. The lowest BCUT2D eigenvalue weighted by atomic mass is 10.1. The molecule has 0 aromatic carbocycles. The van der Waals surface area contributed by atoms with Crippen molar-refractivity contribution in [3.8, 4) is 0 Å². The number of nitrogens with one attached hydrogen (secondary N) is 1. The minimum Gasteiger partial charge on any atom is -0.395 e. The van der Waals surface area contributed by atoms with Crippen LogP contribution in [0.1, 0.15) is 11.7 Å². The number of hydrogen-bond donors (Lipinski definition) is 5. The molecule has 0 unspecified atom stereocenters. The molecule has 3 heterocycles. The van der Waals surface area contributed by atoms with E-state index in [2.05, 4.69) is 20.4 Å². The summed E-state index contributed by atoms with van der Waals surface area (Å²) in [6, 6.07) is -1.18. The highest BCUT2D eigenvalue weighted by Crippen LogP contribution is 2.28. The summed E-state index contributed by atoms with van der Waals surface area (Å²) in [6.07, 6.45) is 0.677. The minimum atomic E-state index is -1.06. The van der Waals surface area contributed by atoms with E-state index in [4.69, 9.17) is 10.8 Å². The van der Waals surface area contributed by atoms with E-state index >= 15 is 0 Å². The van der Waals surface area contributed by atoms with Gasteiger partial charge >= 0.3 is 0 Å². The van der Waals surface area contributed by atoms with Crippen LogP contribution in [-0.4, -0.2) is 59.8 Å². The lowest BCUT2D eigenvalue weighted by molar-refractivity contribution is 0.0188. The number of fused-ring (bicyclic) bond motifs is 1. The first-order valence-electron chi connectivity index (χ1n) is 5.80. The van der Waals surface area contributed by atoms with Gasteiger partial charge in [-0.15, -0.1) is 0 Å². The van der Waals surface area contributed by atoms with Crippen LogP contribution in [0.4, 0.5) is 5.82 Å². The van der Waals surface area contributed by atoms with E-state index in [-0.39, 0.29) is 12.4 Å². The third-order valence-electron chi connectivity index (χ3n) is 3.37. The molecule has 6 N–H and O–H groups in total. The Morgan fingerprint density at radius 2 is 2.11 bits per heavy atom. The maximum atomic E-state index is 10.0. The summed E-state index contributed by atoms with van der Waals surface area (Å²) in [4.78, 5) is 7.91. The fourth-order valence-electron chi connectivity index (χ4n) is 2.35. The van der Waals surface area contributed by atoms with Gasteiger partial charge in [-0.05, 0) is 0 Å².